The van der Waals surface area contributed by atoms with Crippen molar-refractivity contribution in [3.8, 4) is 22.9 Å². The van der Waals surface area contributed by atoms with Gasteiger partial charge in [-0.1, -0.05) is 17.8 Å². The van der Waals surface area contributed by atoms with Crippen LogP contribution in [0.1, 0.15) is 18.2 Å². The van der Waals surface area contributed by atoms with Crippen LogP contribution in [0.15, 0.2) is 40.1 Å². The number of aryl methyl sites for hydroxylation is 1. The van der Waals surface area contributed by atoms with Crippen molar-refractivity contribution in [3.05, 3.63) is 41.9 Å². The number of nitrogens with one attached hydrogen (secondary N) is 1. The van der Waals surface area contributed by atoms with E-state index in [1.165, 1.54) is 11.8 Å². The molecule has 0 spiro atoms. The monoisotopic (exact) mass is 400 g/mol. The second-order valence-corrected chi connectivity index (χ2v) is 7.73. The van der Waals surface area contributed by atoms with Crippen LogP contribution >= 0.6 is 11.8 Å². The van der Waals surface area contributed by atoms with E-state index in [1.807, 2.05) is 49.7 Å². The van der Waals surface area contributed by atoms with Gasteiger partial charge >= 0.3 is 0 Å². The zero-order chi connectivity index (χ0) is 19.7. The first-order valence-electron chi connectivity index (χ1n) is 8.79. The van der Waals surface area contributed by atoms with Crippen LogP contribution < -0.4 is 14.8 Å². The minimum atomic E-state index is -0.324. The number of fused-ring (bicyclic) bond motifs is 1. The van der Waals surface area contributed by atoms with Crippen LogP contribution in [-0.4, -0.2) is 32.7 Å². The Labute approximate surface area is 166 Å². The van der Waals surface area contributed by atoms with Gasteiger partial charge in [0.2, 0.25) is 12.7 Å². The zero-order valence-corrected chi connectivity index (χ0v) is 16.6. The SMILES string of the molecule is Cc1occc1-c1nnc(SC(C)C(=O)NCc2ccc3c(c2)OCO3)n1C. The number of carbonyl (C=O) groups excluding carboxylic acids is 1. The summed E-state index contributed by atoms with van der Waals surface area (Å²) in [5.41, 5.74) is 1.84. The summed E-state index contributed by atoms with van der Waals surface area (Å²) in [7, 11) is 1.88. The maximum absolute atomic E-state index is 12.5. The van der Waals surface area contributed by atoms with Gasteiger partial charge in [-0.25, -0.2) is 0 Å². The number of nitrogens with zero attached hydrogens (tertiary/aromatic N) is 3. The first kappa shape index (κ1) is 18.4. The van der Waals surface area contributed by atoms with E-state index in [4.69, 9.17) is 13.9 Å². The largest absolute Gasteiger partial charge is 0.469 e. The van der Waals surface area contributed by atoms with Crippen molar-refractivity contribution in [2.45, 2.75) is 30.8 Å². The molecule has 9 heteroatoms. The lowest BCUT2D eigenvalue weighted by Gasteiger charge is -2.12. The van der Waals surface area contributed by atoms with Crippen LogP contribution in [0, 0.1) is 6.92 Å². The highest BCUT2D eigenvalue weighted by Crippen LogP contribution is 2.32. The summed E-state index contributed by atoms with van der Waals surface area (Å²) < 4.78 is 17.9. The van der Waals surface area contributed by atoms with Crippen molar-refractivity contribution < 1.29 is 18.7 Å². The predicted molar refractivity (Wildman–Crippen MR) is 103 cm³/mol. The lowest BCUT2D eigenvalue weighted by molar-refractivity contribution is -0.120. The lowest BCUT2D eigenvalue weighted by Crippen LogP contribution is -2.30. The van der Waals surface area contributed by atoms with E-state index in [2.05, 4.69) is 15.5 Å². The molecule has 146 valence electrons. The Morgan fingerprint density at radius 1 is 1.29 bits per heavy atom. The van der Waals surface area contributed by atoms with E-state index < -0.39 is 0 Å². The maximum Gasteiger partial charge on any atom is 0.233 e. The Morgan fingerprint density at radius 2 is 2.11 bits per heavy atom. The number of aromatic nitrogens is 3. The van der Waals surface area contributed by atoms with Crippen molar-refractivity contribution in [1.29, 1.82) is 0 Å². The minimum Gasteiger partial charge on any atom is -0.469 e. The molecule has 28 heavy (non-hydrogen) atoms. The van der Waals surface area contributed by atoms with Crippen molar-refractivity contribution >= 4 is 17.7 Å². The molecule has 0 aliphatic carbocycles. The molecule has 1 amide bonds. The highest BCUT2D eigenvalue weighted by molar-refractivity contribution is 8.00. The van der Waals surface area contributed by atoms with Crippen LogP contribution in [0.3, 0.4) is 0 Å². The summed E-state index contributed by atoms with van der Waals surface area (Å²) in [6, 6.07) is 7.49. The number of furan rings is 1. The summed E-state index contributed by atoms with van der Waals surface area (Å²) >= 11 is 1.36. The first-order valence-corrected chi connectivity index (χ1v) is 9.67. The highest BCUT2D eigenvalue weighted by Gasteiger charge is 2.21. The maximum atomic E-state index is 12.5. The lowest BCUT2D eigenvalue weighted by atomic mass is 10.2. The average molecular weight is 400 g/mol. The fourth-order valence-corrected chi connectivity index (χ4v) is 3.70. The fourth-order valence-electron chi connectivity index (χ4n) is 2.86. The van der Waals surface area contributed by atoms with Gasteiger partial charge in [-0.2, -0.15) is 0 Å². The summed E-state index contributed by atoms with van der Waals surface area (Å²) in [4.78, 5) is 12.5. The molecule has 3 heterocycles. The second kappa shape index (κ2) is 7.59. The number of ether oxygens (including phenoxy) is 2. The first-order chi connectivity index (χ1) is 13.5. The normalized spacial score (nSPS) is 13.5. The molecule has 0 radical (unpaired) electrons. The van der Waals surface area contributed by atoms with E-state index >= 15 is 0 Å². The molecule has 2 aromatic heterocycles. The molecule has 8 nitrogen and oxygen atoms in total. The molecule has 0 fully saturated rings. The molecule has 1 aliphatic rings. The van der Waals surface area contributed by atoms with Crippen molar-refractivity contribution in [2.24, 2.45) is 7.05 Å². The van der Waals surface area contributed by atoms with Gasteiger partial charge in [0.15, 0.2) is 22.5 Å². The minimum absolute atomic E-state index is 0.0771. The average Bonchev–Trinajstić information content (AvgIpc) is 3.40. The van der Waals surface area contributed by atoms with E-state index in [0.717, 1.165) is 22.6 Å². The molecule has 1 aliphatic heterocycles. The molecule has 1 atom stereocenters. The van der Waals surface area contributed by atoms with Gasteiger partial charge < -0.3 is 23.8 Å². The standard InChI is InChI=1S/C19H20N4O4S/c1-11-14(6-7-25-11)17-21-22-19(23(17)3)28-12(2)18(24)20-9-13-4-5-15-16(8-13)27-10-26-15/h4-8,12H,9-10H2,1-3H3,(H,20,24). The van der Waals surface area contributed by atoms with E-state index in [1.54, 1.807) is 6.26 Å². The summed E-state index contributed by atoms with van der Waals surface area (Å²) in [5, 5.41) is 11.7. The molecule has 0 saturated carbocycles. The van der Waals surface area contributed by atoms with Gasteiger partial charge in [0.05, 0.1) is 17.1 Å². The number of hydrogen-bond donors (Lipinski definition) is 1. The molecule has 0 saturated heterocycles. The second-order valence-electron chi connectivity index (χ2n) is 6.42. The molecule has 0 bridgehead atoms. The molecule has 3 aromatic rings. The quantitative estimate of drug-likeness (QED) is 0.636. The van der Waals surface area contributed by atoms with Crippen molar-refractivity contribution in [1.82, 2.24) is 20.1 Å². The third kappa shape index (κ3) is 3.57. The van der Waals surface area contributed by atoms with Gasteiger partial charge in [-0.3, -0.25) is 4.79 Å². The van der Waals surface area contributed by atoms with Crippen molar-refractivity contribution in [3.63, 3.8) is 0 Å². The van der Waals surface area contributed by atoms with Gasteiger partial charge in [0, 0.05) is 13.6 Å². The Kier molecular flexibility index (Phi) is 4.99. The molecule has 4 rings (SSSR count). The molecule has 1 aromatic carbocycles. The van der Waals surface area contributed by atoms with E-state index in [0.29, 0.717) is 23.3 Å². The zero-order valence-electron chi connectivity index (χ0n) is 15.8. The predicted octanol–water partition coefficient (Wildman–Crippen LogP) is 2.91. The smallest absolute Gasteiger partial charge is 0.233 e. The van der Waals surface area contributed by atoms with Crippen LogP contribution in [0.2, 0.25) is 0 Å². The third-order valence-corrected chi connectivity index (χ3v) is 5.62. The Morgan fingerprint density at radius 3 is 2.89 bits per heavy atom. The number of hydrogen-bond acceptors (Lipinski definition) is 7. The Bertz CT molecular complexity index is 1010. The van der Waals surface area contributed by atoms with E-state index in [9.17, 15) is 4.79 Å². The van der Waals surface area contributed by atoms with Gasteiger partial charge in [0.1, 0.15) is 5.76 Å². The van der Waals surface area contributed by atoms with Crippen LogP contribution in [0.5, 0.6) is 11.5 Å². The van der Waals surface area contributed by atoms with E-state index in [-0.39, 0.29) is 18.0 Å². The highest BCUT2D eigenvalue weighted by atomic mass is 32.2. The van der Waals surface area contributed by atoms with Crippen LogP contribution in [0.25, 0.3) is 11.4 Å². The fraction of sp³-hybridized carbons (Fsp3) is 0.316. The molecular formula is C19H20N4O4S. The Hall–Kier alpha value is -2.94. The number of rotatable bonds is 6. The van der Waals surface area contributed by atoms with Gasteiger partial charge in [-0.15, -0.1) is 10.2 Å². The van der Waals surface area contributed by atoms with Crippen LogP contribution in [-0.2, 0) is 18.4 Å². The van der Waals surface area contributed by atoms with Crippen LogP contribution in [0.4, 0.5) is 0 Å². The van der Waals surface area contributed by atoms with Crippen molar-refractivity contribution in [2.75, 3.05) is 6.79 Å². The third-order valence-electron chi connectivity index (χ3n) is 4.49. The number of amides is 1. The number of benzene rings is 1. The summed E-state index contributed by atoms with van der Waals surface area (Å²) in [5.74, 6) is 2.84. The topological polar surface area (TPSA) is 91.4 Å². The summed E-state index contributed by atoms with van der Waals surface area (Å²) in [6.07, 6.45) is 1.62. The van der Waals surface area contributed by atoms with Gasteiger partial charge in [-0.05, 0) is 37.6 Å². The molecular weight excluding hydrogens is 380 g/mol. The molecule has 1 unspecified atom stereocenters. The van der Waals surface area contributed by atoms with Gasteiger partial charge in [0.25, 0.3) is 0 Å². The number of carbonyl (C=O) groups is 1. The molecule has 1 N–H and O–H groups in total. The Balaban J connectivity index is 1.37. The summed E-state index contributed by atoms with van der Waals surface area (Å²) in [6.45, 7) is 4.37. The number of thioether (sulfide) groups is 1.